The van der Waals surface area contributed by atoms with Gasteiger partial charge < -0.3 is 19.2 Å². The third kappa shape index (κ3) is 5.47. The van der Waals surface area contributed by atoms with Crippen LogP contribution in [-0.4, -0.2) is 50.3 Å². The molecule has 2 heterocycles. The Hall–Kier alpha value is -2.57. The summed E-state index contributed by atoms with van der Waals surface area (Å²) in [5.74, 6) is 2.36. The number of benzene rings is 1. The number of rotatable bonds is 8. The molecule has 3 rings (SSSR count). The van der Waals surface area contributed by atoms with Gasteiger partial charge in [0, 0.05) is 31.3 Å². The maximum Gasteiger partial charge on any atom is 0.244 e. The summed E-state index contributed by atoms with van der Waals surface area (Å²) in [4.78, 5) is 14.7. The zero-order chi connectivity index (χ0) is 19.8. The Morgan fingerprint density at radius 2 is 2.04 bits per heavy atom. The van der Waals surface area contributed by atoms with E-state index in [-0.39, 0.29) is 11.9 Å². The maximum absolute atomic E-state index is 12.4. The van der Waals surface area contributed by atoms with E-state index in [1.165, 1.54) is 0 Å². The molecule has 0 aliphatic carbocycles. The number of nitrogens with one attached hydrogen (secondary N) is 1. The van der Waals surface area contributed by atoms with Gasteiger partial charge in [-0.1, -0.05) is 18.2 Å². The Labute approximate surface area is 166 Å². The van der Waals surface area contributed by atoms with Gasteiger partial charge in [-0.3, -0.25) is 9.69 Å². The highest BCUT2D eigenvalue weighted by molar-refractivity contribution is 5.92. The van der Waals surface area contributed by atoms with E-state index in [0.29, 0.717) is 26.4 Å². The van der Waals surface area contributed by atoms with Gasteiger partial charge in [-0.2, -0.15) is 0 Å². The van der Waals surface area contributed by atoms with E-state index in [1.807, 2.05) is 50.2 Å². The van der Waals surface area contributed by atoms with E-state index in [2.05, 4.69) is 10.2 Å². The van der Waals surface area contributed by atoms with Crippen molar-refractivity contribution in [2.24, 2.45) is 0 Å². The molecular formula is C22H28N2O4. The predicted molar refractivity (Wildman–Crippen MR) is 108 cm³/mol. The number of amides is 1. The fourth-order valence-electron chi connectivity index (χ4n) is 3.26. The molecule has 0 spiro atoms. The standard InChI is InChI=1S/C22H28N2O4/c1-3-27-20-7-5-4-6-18(20)9-11-22(25)23-16-19(21-10-8-17(2)28-21)24-12-14-26-15-13-24/h4-11,19H,3,12-16H2,1-2H3,(H,23,25)/b11-9+. The molecule has 1 aromatic heterocycles. The monoisotopic (exact) mass is 384 g/mol. The minimum absolute atomic E-state index is 0.00865. The van der Waals surface area contributed by atoms with Crippen LogP contribution in [0.2, 0.25) is 0 Å². The summed E-state index contributed by atoms with van der Waals surface area (Å²) in [5.41, 5.74) is 0.880. The maximum atomic E-state index is 12.4. The van der Waals surface area contributed by atoms with Crippen molar-refractivity contribution in [3.63, 3.8) is 0 Å². The third-order valence-corrected chi connectivity index (χ3v) is 4.68. The Balaban J connectivity index is 1.63. The molecule has 1 N–H and O–H groups in total. The lowest BCUT2D eigenvalue weighted by Gasteiger charge is -2.33. The van der Waals surface area contributed by atoms with Crippen LogP contribution in [0.15, 0.2) is 46.9 Å². The number of nitrogens with zero attached hydrogens (tertiary/aromatic N) is 1. The lowest BCUT2D eigenvalue weighted by atomic mass is 10.1. The molecule has 1 saturated heterocycles. The highest BCUT2D eigenvalue weighted by Gasteiger charge is 2.25. The summed E-state index contributed by atoms with van der Waals surface area (Å²) >= 11 is 0. The van der Waals surface area contributed by atoms with Crippen LogP contribution in [0, 0.1) is 6.92 Å². The van der Waals surface area contributed by atoms with Crippen molar-refractivity contribution in [2.75, 3.05) is 39.5 Å². The molecule has 1 unspecified atom stereocenters. The average Bonchev–Trinajstić information content (AvgIpc) is 3.14. The normalized spacial score (nSPS) is 16.2. The average molecular weight is 384 g/mol. The minimum Gasteiger partial charge on any atom is -0.493 e. The van der Waals surface area contributed by atoms with Crippen molar-refractivity contribution in [1.29, 1.82) is 0 Å². The van der Waals surface area contributed by atoms with Crippen molar-refractivity contribution < 1.29 is 18.7 Å². The van der Waals surface area contributed by atoms with Crippen LogP contribution < -0.4 is 10.1 Å². The Morgan fingerprint density at radius 1 is 1.25 bits per heavy atom. The number of hydrogen-bond donors (Lipinski definition) is 1. The number of hydrogen-bond acceptors (Lipinski definition) is 5. The number of carbonyl (C=O) groups excluding carboxylic acids is 1. The second-order valence-electron chi connectivity index (χ2n) is 6.66. The fraction of sp³-hybridized carbons (Fsp3) is 0.409. The summed E-state index contributed by atoms with van der Waals surface area (Å²) in [7, 11) is 0. The molecule has 0 radical (unpaired) electrons. The summed E-state index contributed by atoms with van der Waals surface area (Å²) in [6.45, 7) is 7.95. The molecule has 2 aromatic rings. The van der Waals surface area contributed by atoms with Crippen molar-refractivity contribution in [3.8, 4) is 5.75 Å². The molecule has 28 heavy (non-hydrogen) atoms. The minimum atomic E-state index is -0.146. The van der Waals surface area contributed by atoms with Gasteiger partial charge in [-0.15, -0.1) is 0 Å². The van der Waals surface area contributed by atoms with E-state index in [1.54, 1.807) is 12.2 Å². The first-order valence-corrected chi connectivity index (χ1v) is 9.73. The van der Waals surface area contributed by atoms with E-state index in [0.717, 1.165) is 35.9 Å². The van der Waals surface area contributed by atoms with Crippen LogP contribution in [0.4, 0.5) is 0 Å². The molecule has 1 aliphatic rings. The molecule has 6 nitrogen and oxygen atoms in total. The molecule has 1 aromatic carbocycles. The number of para-hydroxylation sites is 1. The van der Waals surface area contributed by atoms with Gasteiger partial charge in [-0.25, -0.2) is 0 Å². The molecule has 1 fully saturated rings. The molecule has 1 aliphatic heterocycles. The predicted octanol–water partition coefficient (Wildman–Crippen LogP) is 3.19. The van der Waals surface area contributed by atoms with Crippen LogP contribution in [0.5, 0.6) is 5.75 Å². The van der Waals surface area contributed by atoms with Crippen molar-refractivity contribution in [2.45, 2.75) is 19.9 Å². The number of furan rings is 1. The summed E-state index contributed by atoms with van der Waals surface area (Å²) in [6.07, 6.45) is 3.32. The first-order chi connectivity index (χ1) is 13.7. The van der Waals surface area contributed by atoms with Gasteiger partial charge in [0.2, 0.25) is 5.91 Å². The van der Waals surface area contributed by atoms with Crippen molar-refractivity contribution >= 4 is 12.0 Å². The quantitative estimate of drug-likeness (QED) is 0.708. The highest BCUT2D eigenvalue weighted by Crippen LogP contribution is 2.23. The summed E-state index contributed by atoms with van der Waals surface area (Å²) in [5, 5.41) is 3.00. The molecular weight excluding hydrogens is 356 g/mol. The lowest BCUT2D eigenvalue weighted by Crippen LogP contribution is -2.43. The SMILES string of the molecule is CCOc1ccccc1/C=C/C(=O)NCC(c1ccc(C)o1)N1CCOCC1. The fourth-order valence-corrected chi connectivity index (χ4v) is 3.26. The number of ether oxygens (including phenoxy) is 2. The number of morpholine rings is 1. The van der Waals surface area contributed by atoms with Crippen LogP contribution in [-0.2, 0) is 9.53 Å². The van der Waals surface area contributed by atoms with Gasteiger partial charge in [0.15, 0.2) is 0 Å². The van der Waals surface area contributed by atoms with Crippen molar-refractivity contribution in [1.82, 2.24) is 10.2 Å². The Morgan fingerprint density at radius 3 is 2.75 bits per heavy atom. The molecule has 0 saturated carbocycles. The van der Waals surface area contributed by atoms with E-state index < -0.39 is 0 Å². The molecule has 1 amide bonds. The zero-order valence-corrected chi connectivity index (χ0v) is 16.5. The smallest absolute Gasteiger partial charge is 0.244 e. The summed E-state index contributed by atoms with van der Waals surface area (Å²) in [6, 6.07) is 11.6. The Kier molecular flexibility index (Phi) is 7.28. The number of carbonyl (C=O) groups is 1. The van der Waals surface area contributed by atoms with Gasteiger partial charge >= 0.3 is 0 Å². The topological polar surface area (TPSA) is 63.9 Å². The summed E-state index contributed by atoms with van der Waals surface area (Å²) < 4.78 is 16.9. The van der Waals surface area contributed by atoms with Crippen molar-refractivity contribution in [3.05, 3.63) is 59.6 Å². The third-order valence-electron chi connectivity index (χ3n) is 4.68. The molecule has 1 atom stereocenters. The highest BCUT2D eigenvalue weighted by atomic mass is 16.5. The van der Waals surface area contributed by atoms with Crippen LogP contribution in [0.3, 0.4) is 0 Å². The van der Waals surface area contributed by atoms with Gasteiger partial charge in [0.05, 0.1) is 25.9 Å². The van der Waals surface area contributed by atoms with E-state index in [4.69, 9.17) is 13.9 Å². The largest absolute Gasteiger partial charge is 0.493 e. The molecule has 150 valence electrons. The van der Waals surface area contributed by atoms with Crippen LogP contribution >= 0.6 is 0 Å². The number of aryl methyl sites for hydroxylation is 1. The second-order valence-corrected chi connectivity index (χ2v) is 6.66. The lowest BCUT2D eigenvalue weighted by molar-refractivity contribution is -0.116. The van der Waals surface area contributed by atoms with Crippen LogP contribution in [0.25, 0.3) is 6.08 Å². The van der Waals surface area contributed by atoms with Gasteiger partial charge in [0.1, 0.15) is 17.3 Å². The zero-order valence-electron chi connectivity index (χ0n) is 16.5. The van der Waals surface area contributed by atoms with Crippen LogP contribution in [0.1, 0.15) is 30.0 Å². The molecule has 6 heteroatoms. The Bertz CT molecular complexity index is 793. The first-order valence-electron chi connectivity index (χ1n) is 9.73. The molecule has 0 bridgehead atoms. The second kappa shape index (κ2) is 10.1. The van der Waals surface area contributed by atoms with E-state index in [9.17, 15) is 4.79 Å². The van der Waals surface area contributed by atoms with E-state index >= 15 is 0 Å². The first kappa shape index (κ1) is 20.2. The van der Waals surface area contributed by atoms with Gasteiger partial charge in [-0.05, 0) is 38.1 Å². The van der Waals surface area contributed by atoms with Gasteiger partial charge in [0.25, 0.3) is 0 Å².